The molecule has 6 nitrogen and oxygen atoms in total. The third-order valence-corrected chi connectivity index (χ3v) is 8.46. The zero-order chi connectivity index (χ0) is 14.3. The van der Waals surface area contributed by atoms with Crippen LogP contribution < -0.4 is 5.73 Å². The predicted octanol–water partition coefficient (Wildman–Crippen LogP) is -0.437. The van der Waals surface area contributed by atoms with Crippen LogP contribution in [0.2, 0.25) is 0 Å². The van der Waals surface area contributed by atoms with Gasteiger partial charge in [0, 0.05) is 19.1 Å². The van der Waals surface area contributed by atoms with Gasteiger partial charge in [0.05, 0.1) is 16.8 Å². The largest absolute Gasteiger partial charge is 0.329 e. The van der Waals surface area contributed by atoms with E-state index in [0.29, 0.717) is 13.1 Å². The van der Waals surface area contributed by atoms with Gasteiger partial charge < -0.3 is 5.73 Å². The number of hydrogen-bond donors (Lipinski definition) is 1. The van der Waals surface area contributed by atoms with Gasteiger partial charge in [-0.3, -0.25) is 0 Å². The van der Waals surface area contributed by atoms with Crippen LogP contribution in [0.4, 0.5) is 0 Å². The number of hydrogen-bond acceptors (Lipinski definition) is 5. The molecule has 0 aromatic rings. The molecular weight excluding hydrogens is 288 g/mol. The fraction of sp³-hybridized carbons (Fsp3) is 1.00. The van der Waals surface area contributed by atoms with E-state index in [1.807, 2.05) is 6.92 Å². The van der Waals surface area contributed by atoms with Crippen LogP contribution in [0, 0.1) is 5.92 Å². The number of nitrogens with two attached hydrogens (primary N) is 1. The van der Waals surface area contributed by atoms with E-state index in [1.54, 1.807) is 0 Å². The van der Waals surface area contributed by atoms with Gasteiger partial charge in [0.2, 0.25) is 10.0 Å². The summed E-state index contributed by atoms with van der Waals surface area (Å²) < 4.78 is 49.5. The number of sulfone groups is 1. The van der Waals surface area contributed by atoms with E-state index in [-0.39, 0.29) is 36.3 Å². The second kappa shape index (κ2) is 5.31. The highest BCUT2D eigenvalue weighted by atomic mass is 32.2. The summed E-state index contributed by atoms with van der Waals surface area (Å²) in [5.41, 5.74) is 5.68. The Labute approximate surface area is 115 Å². The van der Waals surface area contributed by atoms with E-state index < -0.39 is 25.1 Å². The predicted molar refractivity (Wildman–Crippen MR) is 73.9 cm³/mol. The molecule has 0 amide bonds. The highest BCUT2D eigenvalue weighted by Crippen LogP contribution is 2.31. The van der Waals surface area contributed by atoms with E-state index in [0.717, 1.165) is 6.42 Å². The first-order valence-corrected chi connectivity index (χ1v) is 10.0. The van der Waals surface area contributed by atoms with Gasteiger partial charge in [-0.05, 0) is 25.2 Å². The molecule has 2 atom stereocenters. The summed E-state index contributed by atoms with van der Waals surface area (Å²) >= 11 is 0. The molecule has 19 heavy (non-hydrogen) atoms. The molecule has 8 heteroatoms. The Balaban J connectivity index is 2.15. The van der Waals surface area contributed by atoms with Crippen molar-refractivity contribution in [3.63, 3.8) is 0 Å². The SMILES string of the molecule is CC1CCN(S(=O)(=O)C2CCS(=O)(=O)CC2)C1CN. The van der Waals surface area contributed by atoms with Crippen molar-refractivity contribution in [3.8, 4) is 0 Å². The van der Waals surface area contributed by atoms with Gasteiger partial charge in [0.1, 0.15) is 9.84 Å². The summed E-state index contributed by atoms with van der Waals surface area (Å²) in [5.74, 6) is 0.230. The minimum Gasteiger partial charge on any atom is -0.329 e. The van der Waals surface area contributed by atoms with Crippen LogP contribution >= 0.6 is 0 Å². The lowest BCUT2D eigenvalue weighted by Crippen LogP contribution is -2.48. The maximum atomic E-state index is 12.6. The lowest BCUT2D eigenvalue weighted by Gasteiger charge is -2.31. The van der Waals surface area contributed by atoms with Gasteiger partial charge in [-0.15, -0.1) is 0 Å². The van der Waals surface area contributed by atoms with Gasteiger partial charge in [-0.25, -0.2) is 16.8 Å². The summed E-state index contributed by atoms with van der Waals surface area (Å²) in [4.78, 5) is 0. The van der Waals surface area contributed by atoms with Gasteiger partial charge in [-0.2, -0.15) is 4.31 Å². The van der Waals surface area contributed by atoms with Gasteiger partial charge >= 0.3 is 0 Å². The Kier molecular flexibility index (Phi) is 4.25. The maximum absolute atomic E-state index is 12.6. The fourth-order valence-corrected chi connectivity index (χ4v) is 7.03. The summed E-state index contributed by atoms with van der Waals surface area (Å²) in [5, 5.41) is -0.560. The Morgan fingerprint density at radius 1 is 1.21 bits per heavy atom. The topological polar surface area (TPSA) is 97.5 Å². The van der Waals surface area contributed by atoms with Crippen LogP contribution in [-0.2, 0) is 19.9 Å². The van der Waals surface area contributed by atoms with E-state index in [9.17, 15) is 16.8 Å². The Bertz CT molecular complexity index is 515. The molecule has 0 bridgehead atoms. The average molecular weight is 310 g/mol. The monoisotopic (exact) mass is 310 g/mol. The van der Waals surface area contributed by atoms with Crippen molar-refractivity contribution < 1.29 is 16.8 Å². The van der Waals surface area contributed by atoms with Crippen LogP contribution in [0.15, 0.2) is 0 Å². The van der Waals surface area contributed by atoms with E-state index in [4.69, 9.17) is 5.73 Å². The number of sulfonamides is 1. The van der Waals surface area contributed by atoms with Gasteiger partial charge in [-0.1, -0.05) is 6.92 Å². The molecule has 2 aliphatic rings. The quantitative estimate of drug-likeness (QED) is 0.762. The van der Waals surface area contributed by atoms with Crippen molar-refractivity contribution in [3.05, 3.63) is 0 Å². The number of rotatable bonds is 3. The molecule has 0 saturated carbocycles. The van der Waals surface area contributed by atoms with Crippen molar-refractivity contribution in [2.45, 2.75) is 37.5 Å². The van der Waals surface area contributed by atoms with Crippen LogP contribution in [0.5, 0.6) is 0 Å². The van der Waals surface area contributed by atoms with Crippen molar-refractivity contribution in [1.29, 1.82) is 0 Å². The van der Waals surface area contributed by atoms with E-state index in [2.05, 4.69) is 0 Å². The van der Waals surface area contributed by atoms with Crippen molar-refractivity contribution >= 4 is 19.9 Å². The Morgan fingerprint density at radius 3 is 2.32 bits per heavy atom. The molecule has 0 aromatic heterocycles. The first-order chi connectivity index (χ1) is 8.78. The van der Waals surface area contributed by atoms with Gasteiger partial charge in [0.15, 0.2) is 0 Å². The Morgan fingerprint density at radius 2 is 1.79 bits per heavy atom. The van der Waals surface area contributed by atoms with Crippen LogP contribution in [-0.4, -0.2) is 57.0 Å². The second-order valence-corrected chi connectivity index (χ2v) is 10.0. The zero-order valence-electron chi connectivity index (χ0n) is 11.2. The first-order valence-electron chi connectivity index (χ1n) is 6.69. The van der Waals surface area contributed by atoms with E-state index >= 15 is 0 Å². The summed E-state index contributed by atoms with van der Waals surface area (Å²) in [6.45, 7) is 2.85. The molecule has 0 aromatic carbocycles. The second-order valence-electron chi connectivity index (χ2n) is 5.58. The third-order valence-electron chi connectivity index (χ3n) is 4.32. The third kappa shape index (κ3) is 2.96. The summed E-state index contributed by atoms with van der Waals surface area (Å²) in [6.07, 6.45) is 1.26. The molecule has 0 aliphatic carbocycles. The minimum atomic E-state index is -3.42. The molecule has 2 unspecified atom stereocenters. The summed E-state index contributed by atoms with van der Waals surface area (Å²) in [7, 11) is -6.45. The van der Waals surface area contributed by atoms with Crippen molar-refractivity contribution in [2.24, 2.45) is 11.7 Å². The lowest BCUT2D eigenvalue weighted by atomic mass is 10.0. The average Bonchev–Trinajstić information content (AvgIpc) is 2.70. The molecule has 2 rings (SSSR count). The molecule has 0 spiro atoms. The van der Waals surface area contributed by atoms with Gasteiger partial charge in [0.25, 0.3) is 0 Å². The minimum absolute atomic E-state index is 0.0203. The molecule has 0 radical (unpaired) electrons. The van der Waals surface area contributed by atoms with Crippen LogP contribution in [0.1, 0.15) is 26.2 Å². The lowest BCUT2D eigenvalue weighted by molar-refractivity contribution is 0.348. The molecule has 112 valence electrons. The molecule has 2 heterocycles. The molecular formula is C11H22N2O4S2. The van der Waals surface area contributed by atoms with Crippen molar-refractivity contribution in [2.75, 3.05) is 24.6 Å². The standard InChI is InChI=1S/C11H22N2O4S2/c1-9-2-5-13(11(9)8-12)19(16,17)10-3-6-18(14,15)7-4-10/h9-11H,2-8,12H2,1H3. The maximum Gasteiger partial charge on any atom is 0.217 e. The van der Waals surface area contributed by atoms with Crippen LogP contribution in [0.25, 0.3) is 0 Å². The zero-order valence-corrected chi connectivity index (χ0v) is 12.8. The van der Waals surface area contributed by atoms with Crippen molar-refractivity contribution in [1.82, 2.24) is 4.31 Å². The highest BCUT2D eigenvalue weighted by Gasteiger charge is 2.43. The smallest absolute Gasteiger partial charge is 0.217 e. The highest BCUT2D eigenvalue weighted by molar-refractivity contribution is 7.92. The summed E-state index contributed by atoms with van der Waals surface area (Å²) in [6, 6.07) is -0.136. The van der Waals surface area contributed by atoms with Crippen LogP contribution in [0.3, 0.4) is 0 Å². The molecule has 2 fully saturated rings. The molecule has 2 aliphatic heterocycles. The fourth-order valence-electron chi connectivity index (χ4n) is 3.00. The van der Waals surface area contributed by atoms with E-state index in [1.165, 1.54) is 4.31 Å². The molecule has 2 saturated heterocycles. The molecule has 2 N–H and O–H groups in total. The Hall–Kier alpha value is -0.180. The normalized spacial score (nSPS) is 33.6. The number of nitrogens with zero attached hydrogens (tertiary/aromatic N) is 1. The first kappa shape index (κ1) is 15.2.